The first-order valence-corrected chi connectivity index (χ1v) is 14.1. The van der Waals surface area contributed by atoms with Crippen molar-refractivity contribution in [1.29, 1.82) is 0 Å². The first kappa shape index (κ1) is 23.8. The molecule has 1 aliphatic rings. The maximum Gasteiger partial charge on any atom is 0.143 e. The van der Waals surface area contributed by atoms with Gasteiger partial charge in [-0.1, -0.05) is 123 Å². The van der Waals surface area contributed by atoms with Crippen LogP contribution in [0.1, 0.15) is 25.0 Å². The summed E-state index contributed by atoms with van der Waals surface area (Å²) in [5.74, 6) is 1.87. The van der Waals surface area contributed by atoms with Crippen LogP contribution in [0, 0.1) is 0 Å². The molecule has 7 aromatic rings. The number of para-hydroxylation sites is 3. The van der Waals surface area contributed by atoms with Crippen LogP contribution < -0.4 is 4.74 Å². The third kappa shape index (κ3) is 3.79. The molecule has 0 unspecified atom stereocenters. The number of fused-ring (bicyclic) bond motifs is 5. The molecule has 0 amide bonds. The van der Waals surface area contributed by atoms with Gasteiger partial charge in [-0.05, 0) is 52.1 Å². The molecule has 6 aromatic carbocycles. The Morgan fingerprint density at radius 2 is 1.10 bits per heavy atom. The van der Waals surface area contributed by atoms with Gasteiger partial charge in [-0.3, -0.25) is 0 Å². The maximum atomic E-state index is 6.39. The minimum Gasteiger partial charge on any atom is -0.457 e. The zero-order valence-electron chi connectivity index (χ0n) is 23.0. The number of ether oxygens (including phenoxy) is 1. The van der Waals surface area contributed by atoms with Crippen LogP contribution in [-0.2, 0) is 5.41 Å². The fourth-order valence-electron chi connectivity index (χ4n) is 6.33. The molecule has 0 spiro atoms. The first-order valence-electron chi connectivity index (χ1n) is 14.1. The van der Waals surface area contributed by atoms with Crippen molar-refractivity contribution in [2.24, 2.45) is 0 Å². The van der Waals surface area contributed by atoms with E-state index in [0.29, 0.717) is 0 Å². The Morgan fingerprint density at radius 1 is 0.463 bits per heavy atom. The van der Waals surface area contributed by atoms with Crippen molar-refractivity contribution in [3.8, 4) is 44.9 Å². The quantitative estimate of drug-likeness (QED) is 0.228. The standard InChI is InChI=1S/C39H28O2/c1-39(2)33-14-4-6-16-36(33)40-37-24-29(21-22-34(37)39)28-10-7-9-27(23-28)25-17-19-26(20-18-25)30-12-8-13-32-31-11-3-5-15-35(31)41-38(30)32/h3-24H,1-2H3. The monoisotopic (exact) mass is 528 g/mol. The molecular weight excluding hydrogens is 500 g/mol. The average molecular weight is 529 g/mol. The molecule has 2 heteroatoms. The topological polar surface area (TPSA) is 22.4 Å². The Balaban J connectivity index is 1.13. The van der Waals surface area contributed by atoms with Crippen molar-refractivity contribution in [2.75, 3.05) is 0 Å². The molecule has 8 rings (SSSR count). The summed E-state index contributed by atoms with van der Waals surface area (Å²) in [6.07, 6.45) is 0. The number of benzene rings is 6. The van der Waals surface area contributed by atoms with Crippen molar-refractivity contribution in [3.05, 3.63) is 145 Å². The minimum absolute atomic E-state index is 0.112. The summed E-state index contributed by atoms with van der Waals surface area (Å²) in [6, 6.07) is 47.1. The fourth-order valence-corrected chi connectivity index (χ4v) is 6.33. The van der Waals surface area contributed by atoms with Crippen LogP contribution in [0.5, 0.6) is 11.5 Å². The molecule has 1 aromatic heterocycles. The third-order valence-corrected chi connectivity index (χ3v) is 8.56. The van der Waals surface area contributed by atoms with Crippen LogP contribution in [-0.4, -0.2) is 0 Å². The van der Waals surface area contributed by atoms with Gasteiger partial charge in [0.15, 0.2) is 0 Å². The molecule has 0 aliphatic carbocycles. The van der Waals surface area contributed by atoms with Crippen LogP contribution in [0.3, 0.4) is 0 Å². The summed E-state index contributed by atoms with van der Waals surface area (Å²) >= 11 is 0. The predicted molar refractivity (Wildman–Crippen MR) is 169 cm³/mol. The van der Waals surface area contributed by atoms with E-state index in [4.69, 9.17) is 9.15 Å². The number of hydrogen-bond donors (Lipinski definition) is 0. The third-order valence-electron chi connectivity index (χ3n) is 8.56. The van der Waals surface area contributed by atoms with Crippen LogP contribution in [0.2, 0.25) is 0 Å². The highest BCUT2D eigenvalue weighted by Crippen LogP contribution is 2.48. The fraction of sp³-hybridized carbons (Fsp3) is 0.0769. The van der Waals surface area contributed by atoms with E-state index in [1.165, 1.54) is 27.8 Å². The zero-order chi connectivity index (χ0) is 27.6. The van der Waals surface area contributed by atoms with Crippen molar-refractivity contribution in [2.45, 2.75) is 19.3 Å². The van der Waals surface area contributed by atoms with E-state index in [-0.39, 0.29) is 5.41 Å². The van der Waals surface area contributed by atoms with E-state index in [9.17, 15) is 0 Å². The molecule has 41 heavy (non-hydrogen) atoms. The van der Waals surface area contributed by atoms with E-state index in [0.717, 1.165) is 50.1 Å². The van der Waals surface area contributed by atoms with E-state index >= 15 is 0 Å². The second-order valence-corrected chi connectivity index (χ2v) is 11.4. The predicted octanol–water partition coefficient (Wildman–Crippen LogP) is 11.0. The lowest BCUT2D eigenvalue weighted by molar-refractivity contribution is 0.418. The van der Waals surface area contributed by atoms with Gasteiger partial charge in [-0.2, -0.15) is 0 Å². The minimum atomic E-state index is -0.112. The van der Waals surface area contributed by atoms with Gasteiger partial charge in [0.25, 0.3) is 0 Å². The van der Waals surface area contributed by atoms with Crippen LogP contribution in [0.4, 0.5) is 0 Å². The SMILES string of the molecule is CC1(C)c2ccccc2Oc2cc(-c3cccc(-c4ccc(-c5cccc6c5oc5ccccc56)cc4)c3)ccc21. The summed E-state index contributed by atoms with van der Waals surface area (Å²) in [6.45, 7) is 4.54. The van der Waals surface area contributed by atoms with Crippen LogP contribution in [0.15, 0.2) is 138 Å². The second kappa shape index (κ2) is 8.97. The summed E-state index contributed by atoms with van der Waals surface area (Å²) in [5.41, 5.74) is 11.1. The number of hydrogen-bond acceptors (Lipinski definition) is 2. The molecule has 1 aliphatic heterocycles. The molecule has 0 saturated heterocycles. The van der Waals surface area contributed by atoms with Gasteiger partial charge < -0.3 is 9.15 Å². The molecule has 0 bridgehead atoms. The van der Waals surface area contributed by atoms with Crippen molar-refractivity contribution >= 4 is 21.9 Å². The largest absolute Gasteiger partial charge is 0.457 e. The average Bonchev–Trinajstić information content (AvgIpc) is 3.40. The van der Waals surface area contributed by atoms with Gasteiger partial charge in [0.2, 0.25) is 0 Å². The van der Waals surface area contributed by atoms with E-state index in [2.05, 4.69) is 129 Å². The normalized spacial score (nSPS) is 13.5. The van der Waals surface area contributed by atoms with Gasteiger partial charge in [0.1, 0.15) is 22.7 Å². The van der Waals surface area contributed by atoms with E-state index in [1.54, 1.807) is 0 Å². The smallest absolute Gasteiger partial charge is 0.143 e. The highest BCUT2D eigenvalue weighted by atomic mass is 16.5. The molecule has 0 radical (unpaired) electrons. The molecule has 196 valence electrons. The summed E-state index contributed by atoms with van der Waals surface area (Å²) < 4.78 is 12.7. The van der Waals surface area contributed by atoms with Gasteiger partial charge in [-0.25, -0.2) is 0 Å². The molecule has 2 heterocycles. The Kier molecular flexibility index (Phi) is 5.20. The number of furan rings is 1. The van der Waals surface area contributed by atoms with Gasteiger partial charge >= 0.3 is 0 Å². The van der Waals surface area contributed by atoms with Crippen LogP contribution >= 0.6 is 0 Å². The molecule has 0 atom stereocenters. The Labute approximate surface area is 239 Å². The lowest BCUT2D eigenvalue weighted by Crippen LogP contribution is -2.24. The van der Waals surface area contributed by atoms with Gasteiger partial charge in [-0.15, -0.1) is 0 Å². The Morgan fingerprint density at radius 3 is 1.98 bits per heavy atom. The highest BCUT2D eigenvalue weighted by Gasteiger charge is 2.34. The molecule has 0 N–H and O–H groups in total. The van der Waals surface area contributed by atoms with Crippen LogP contribution in [0.25, 0.3) is 55.3 Å². The zero-order valence-corrected chi connectivity index (χ0v) is 23.0. The van der Waals surface area contributed by atoms with Gasteiger partial charge in [0.05, 0.1) is 0 Å². The maximum absolute atomic E-state index is 6.39. The molecular formula is C39H28O2. The molecule has 0 fully saturated rings. The van der Waals surface area contributed by atoms with Crippen molar-refractivity contribution in [1.82, 2.24) is 0 Å². The Bertz CT molecular complexity index is 2090. The molecule has 0 saturated carbocycles. The first-order chi connectivity index (χ1) is 20.1. The molecule has 2 nitrogen and oxygen atoms in total. The second-order valence-electron chi connectivity index (χ2n) is 11.4. The Hall–Kier alpha value is -5.08. The summed E-state index contributed by atoms with van der Waals surface area (Å²) in [5, 5.41) is 2.30. The van der Waals surface area contributed by atoms with Crippen molar-refractivity contribution in [3.63, 3.8) is 0 Å². The van der Waals surface area contributed by atoms with Crippen molar-refractivity contribution < 1.29 is 9.15 Å². The summed E-state index contributed by atoms with van der Waals surface area (Å²) in [7, 11) is 0. The number of rotatable bonds is 3. The van der Waals surface area contributed by atoms with E-state index < -0.39 is 0 Å². The summed E-state index contributed by atoms with van der Waals surface area (Å²) in [4.78, 5) is 0. The lowest BCUT2D eigenvalue weighted by atomic mass is 9.75. The lowest BCUT2D eigenvalue weighted by Gasteiger charge is -2.34. The van der Waals surface area contributed by atoms with Gasteiger partial charge in [0, 0.05) is 32.9 Å². The van der Waals surface area contributed by atoms with E-state index in [1.807, 2.05) is 18.2 Å². The highest BCUT2D eigenvalue weighted by molar-refractivity contribution is 6.09.